The first-order valence-electron chi connectivity index (χ1n) is 14.7. The van der Waals surface area contributed by atoms with Crippen LogP contribution in [-0.4, -0.2) is 72.9 Å². The van der Waals surface area contributed by atoms with Gasteiger partial charge in [0.2, 0.25) is 5.95 Å². The van der Waals surface area contributed by atoms with Crippen LogP contribution in [0.4, 0.5) is 23.1 Å². The molecule has 2 heterocycles. The molecule has 1 aliphatic heterocycles. The van der Waals surface area contributed by atoms with Gasteiger partial charge in [0.05, 0.1) is 27.6 Å². The van der Waals surface area contributed by atoms with Crippen molar-refractivity contribution in [3.63, 3.8) is 0 Å². The highest BCUT2D eigenvalue weighted by atomic mass is 127. The van der Waals surface area contributed by atoms with E-state index in [2.05, 4.69) is 65.8 Å². The number of nitrogens with one attached hydrogen (secondary N) is 4. The van der Waals surface area contributed by atoms with Crippen molar-refractivity contribution >= 4 is 63.5 Å². The molecule has 238 valence electrons. The monoisotopic (exact) mass is 734 g/mol. The molecule has 5 rings (SSSR count). The number of benzene rings is 3. The summed E-state index contributed by atoms with van der Waals surface area (Å²) in [5, 5.41) is 12.2. The number of methoxy groups -OCH3 is 1. The SMILES string of the molecule is CNC(=O)c1ccc(-c2cc(OC)c(Nc3ncc(I)c(Nc4ccccc4C(N)=O)n3)cc2C(=O)NC2CCN(C)CC2)cc1. The topological polar surface area (TPSA) is 164 Å². The molecular weight excluding hydrogens is 699 g/mol. The maximum atomic E-state index is 13.9. The number of amides is 3. The average molecular weight is 735 g/mol. The number of aromatic nitrogens is 2. The Morgan fingerprint density at radius 2 is 1.67 bits per heavy atom. The highest BCUT2D eigenvalue weighted by Crippen LogP contribution is 2.36. The number of nitrogens with two attached hydrogens (primary N) is 1. The number of likely N-dealkylation sites (tertiary alicyclic amines) is 1. The molecule has 0 unspecified atom stereocenters. The Labute approximate surface area is 280 Å². The van der Waals surface area contributed by atoms with E-state index in [9.17, 15) is 14.4 Å². The molecule has 0 bridgehead atoms. The van der Waals surface area contributed by atoms with E-state index in [1.165, 1.54) is 0 Å². The summed E-state index contributed by atoms with van der Waals surface area (Å²) in [6.45, 7) is 1.80. The van der Waals surface area contributed by atoms with Gasteiger partial charge in [-0.3, -0.25) is 14.4 Å². The molecule has 0 atom stereocenters. The van der Waals surface area contributed by atoms with E-state index in [1.807, 2.05) is 12.1 Å². The van der Waals surface area contributed by atoms with E-state index >= 15 is 0 Å². The van der Waals surface area contributed by atoms with Crippen LogP contribution in [0.25, 0.3) is 11.1 Å². The lowest BCUT2D eigenvalue weighted by Crippen LogP contribution is -2.43. The Hall–Kier alpha value is -4.76. The second-order valence-corrected chi connectivity index (χ2v) is 12.0. The molecule has 4 aromatic rings. The van der Waals surface area contributed by atoms with Gasteiger partial charge in [0.25, 0.3) is 17.7 Å². The molecule has 1 aliphatic rings. The number of carbonyl (C=O) groups is 3. The highest BCUT2D eigenvalue weighted by Gasteiger charge is 2.23. The third kappa shape index (κ3) is 7.54. The molecule has 0 saturated carbocycles. The molecule has 0 radical (unpaired) electrons. The van der Waals surface area contributed by atoms with Crippen LogP contribution in [0.2, 0.25) is 0 Å². The Bertz CT molecular complexity index is 1760. The second-order valence-electron chi connectivity index (χ2n) is 10.9. The van der Waals surface area contributed by atoms with Gasteiger partial charge in [-0.05, 0) is 103 Å². The molecule has 0 spiro atoms. The van der Waals surface area contributed by atoms with Gasteiger partial charge in [-0.25, -0.2) is 4.98 Å². The molecule has 1 saturated heterocycles. The predicted molar refractivity (Wildman–Crippen MR) is 186 cm³/mol. The van der Waals surface area contributed by atoms with Crippen molar-refractivity contribution in [1.82, 2.24) is 25.5 Å². The predicted octanol–water partition coefficient (Wildman–Crippen LogP) is 4.53. The standard InChI is InChI=1S/C33H35IN8O4/c1-36-31(44)20-10-8-19(9-11-20)23-17-28(46-3)27(16-24(23)32(45)38-21-12-14-42(2)15-13-21)40-33-37-18-25(34)30(41-33)39-26-7-5-4-6-22(26)29(35)43/h4-11,16-18,21H,12-15H2,1-3H3,(H2,35,43)(H,36,44)(H,38,45)(H2,37,39,40,41). The van der Waals surface area contributed by atoms with E-state index in [-0.39, 0.29) is 23.8 Å². The van der Waals surface area contributed by atoms with Crippen LogP contribution >= 0.6 is 22.6 Å². The number of para-hydroxylation sites is 1. The molecule has 1 aromatic heterocycles. The van der Waals surface area contributed by atoms with Crippen molar-refractivity contribution < 1.29 is 19.1 Å². The number of piperidine rings is 1. The lowest BCUT2D eigenvalue weighted by atomic mass is 9.96. The Morgan fingerprint density at radius 3 is 2.35 bits per heavy atom. The third-order valence-corrected chi connectivity index (χ3v) is 8.55. The van der Waals surface area contributed by atoms with Gasteiger partial charge in [0.15, 0.2) is 0 Å². The van der Waals surface area contributed by atoms with Crippen LogP contribution < -0.4 is 31.7 Å². The number of hydrogen-bond acceptors (Lipinski definition) is 9. The van der Waals surface area contributed by atoms with Crippen LogP contribution in [0.15, 0.2) is 66.9 Å². The summed E-state index contributed by atoms with van der Waals surface area (Å²) in [6.07, 6.45) is 3.34. The number of ether oxygens (including phenoxy) is 1. The molecule has 1 fully saturated rings. The first kappa shape index (κ1) is 32.6. The number of carbonyl (C=O) groups excluding carboxylic acids is 3. The molecule has 3 aromatic carbocycles. The number of halogens is 1. The molecule has 0 aliphatic carbocycles. The number of hydrogen-bond donors (Lipinski definition) is 5. The van der Waals surface area contributed by atoms with E-state index < -0.39 is 5.91 Å². The first-order chi connectivity index (χ1) is 22.2. The van der Waals surface area contributed by atoms with Crippen LogP contribution in [0.5, 0.6) is 5.75 Å². The lowest BCUT2D eigenvalue weighted by molar-refractivity contribution is 0.0915. The minimum Gasteiger partial charge on any atom is -0.495 e. The van der Waals surface area contributed by atoms with E-state index in [4.69, 9.17) is 10.5 Å². The minimum absolute atomic E-state index is 0.0436. The number of primary amides is 1. The molecule has 46 heavy (non-hydrogen) atoms. The Morgan fingerprint density at radius 1 is 0.957 bits per heavy atom. The smallest absolute Gasteiger partial charge is 0.252 e. The Balaban J connectivity index is 1.51. The summed E-state index contributed by atoms with van der Waals surface area (Å²) in [5.74, 6) is 0.163. The number of rotatable bonds is 10. The largest absolute Gasteiger partial charge is 0.495 e. The van der Waals surface area contributed by atoms with Crippen LogP contribution in [0.3, 0.4) is 0 Å². The maximum Gasteiger partial charge on any atom is 0.252 e. The fourth-order valence-electron chi connectivity index (χ4n) is 5.20. The van der Waals surface area contributed by atoms with Gasteiger partial charge >= 0.3 is 0 Å². The van der Waals surface area contributed by atoms with Gasteiger partial charge in [0, 0.05) is 30.4 Å². The van der Waals surface area contributed by atoms with E-state index in [0.717, 1.165) is 31.5 Å². The fourth-order valence-corrected chi connectivity index (χ4v) is 5.60. The summed E-state index contributed by atoms with van der Waals surface area (Å²) in [7, 11) is 5.19. The average Bonchev–Trinajstić information content (AvgIpc) is 3.07. The summed E-state index contributed by atoms with van der Waals surface area (Å²) < 4.78 is 6.47. The second kappa shape index (κ2) is 14.6. The summed E-state index contributed by atoms with van der Waals surface area (Å²) >= 11 is 2.10. The Kier molecular flexibility index (Phi) is 10.3. The molecule has 6 N–H and O–H groups in total. The summed E-state index contributed by atoms with van der Waals surface area (Å²) in [6, 6.07) is 17.5. The van der Waals surface area contributed by atoms with Gasteiger partial charge in [-0.1, -0.05) is 24.3 Å². The molecule has 13 heteroatoms. The number of nitrogens with zero attached hydrogens (tertiary/aromatic N) is 3. The van der Waals surface area contributed by atoms with Crippen LogP contribution in [0, 0.1) is 3.57 Å². The zero-order valence-electron chi connectivity index (χ0n) is 25.7. The van der Waals surface area contributed by atoms with Crippen molar-refractivity contribution in [3.8, 4) is 16.9 Å². The zero-order chi connectivity index (χ0) is 32.8. The quantitative estimate of drug-likeness (QED) is 0.148. The van der Waals surface area contributed by atoms with Crippen molar-refractivity contribution in [3.05, 3.63) is 87.1 Å². The van der Waals surface area contributed by atoms with Crippen molar-refractivity contribution in [2.24, 2.45) is 5.73 Å². The third-order valence-electron chi connectivity index (χ3n) is 7.76. The summed E-state index contributed by atoms with van der Waals surface area (Å²) in [4.78, 5) is 49.3. The zero-order valence-corrected chi connectivity index (χ0v) is 27.8. The first-order valence-corrected chi connectivity index (χ1v) is 15.7. The number of anilines is 4. The normalized spacial score (nSPS) is 13.5. The maximum absolute atomic E-state index is 13.9. The molecular formula is C33H35IN8O4. The molecule has 12 nitrogen and oxygen atoms in total. The van der Waals surface area contributed by atoms with Gasteiger partial charge in [0.1, 0.15) is 11.6 Å². The fraction of sp³-hybridized carbons (Fsp3) is 0.242. The van der Waals surface area contributed by atoms with Gasteiger partial charge in [-0.15, -0.1) is 0 Å². The summed E-state index contributed by atoms with van der Waals surface area (Å²) in [5.41, 5.74) is 9.20. The van der Waals surface area contributed by atoms with E-state index in [1.54, 1.807) is 68.9 Å². The van der Waals surface area contributed by atoms with Crippen LogP contribution in [-0.2, 0) is 0 Å². The van der Waals surface area contributed by atoms with Gasteiger partial charge < -0.3 is 36.6 Å². The lowest BCUT2D eigenvalue weighted by Gasteiger charge is -2.29. The highest BCUT2D eigenvalue weighted by molar-refractivity contribution is 14.1. The van der Waals surface area contributed by atoms with Crippen molar-refractivity contribution in [2.75, 3.05) is 44.9 Å². The minimum atomic E-state index is -0.565. The van der Waals surface area contributed by atoms with E-state index in [0.29, 0.717) is 48.8 Å². The van der Waals surface area contributed by atoms with Crippen molar-refractivity contribution in [2.45, 2.75) is 18.9 Å². The van der Waals surface area contributed by atoms with Gasteiger partial charge in [-0.2, -0.15) is 4.98 Å². The molecule has 3 amide bonds. The van der Waals surface area contributed by atoms with Crippen molar-refractivity contribution in [1.29, 1.82) is 0 Å². The van der Waals surface area contributed by atoms with Crippen LogP contribution in [0.1, 0.15) is 43.9 Å².